The quantitative estimate of drug-likeness (QED) is 0.778. The number of aliphatic hydroxyl groups is 1. The highest BCUT2D eigenvalue weighted by molar-refractivity contribution is 5.94. The van der Waals surface area contributed by atoms with Crippen LogP contribution in [0.1, 0.15) is 53.7 Å². The summed E-state index contributed by atoms with van der Waals surface area (Å²) in [6.45, 7) is 4.82. The van der Waals surface area contributed by atoms with Gasteiger partial charge in [0.15, 0.2) is 5.69 Å². The van der Waals surface area contributed by atoms with Gasteiger partial charge in [-0.15, -0.1) is 0 Å². The topological polar surface area (TPSA) is 87.7 Å². The van der Waals surface area contributed by atoms with E-state index in [1.165, 1.54) is 0 Å². The molecule has 0 fully saturated rings. The molecule has 2 atom stereocenters. The molecule has 1 aromatic heterocycles. The average Bonchev–Trinajstić information content (AvgIpc) is 3.09. The van der Waals surface area contributed by atoms with Crippen LogP contribution in [0.25, 0.3) is 0 Å². The first-order valence-electron chi connectivity index (χ1n) is 9.29. The van der Waals surface area contributed by atoms with Gasteiger partial charge in [0.25, 0.3) is 5.91 Å². The van der Waals surface area contributed by atoms with Crippen molar-refractivity contribution in [2.24, 2.45) is 0 Å². The van der Waals surface area contributed by atoms with Crippen molar-refractivity contribution in [2.45, 2.75) is 45.4 Å². The molecule has 0 spiro atoms. The molecule has 1 aliphatic rings. The molecule has 2 N–H and O–H groups in total. The van der Waals surface area contributed by atoms with Gasteiger partial charge >= 0.3 is 0 Å². The van der Waals surface area contributed by atoms with Crippen LogP contribution in [0, 0.1) is 0 Å². The highest BCUT2D eigenvalue weighted by Gasteiger charge is 2.31. The molecule has 2 heterocycles. The van der Waals surface area contributed by atoms with Crippen LogP contribution in [0.15, 0.2) is 24.3 Å². The fourth-order valence-electron chi connectivity index (χ4n) is 3.55. The number of nitrogens with one attached hydrogen (secondary N) is 1. The van der Waals surface area contributed by atoms with Crippen LogP contribution in [-0.4, -0.2) is 52.5 Å². The number of aromatic amines is 1. The van der Waals surface area contributed by atoms with Gasteiger partial charge in [-0.1, -0.05) is 18.2 Å². The van der Waals surface area contributed by atoms with Gasteiger partial charge in [0.1, 0.15) is 5.75 Å². The Morgan fingerprint density at radius 1 is 1.41 bits per heavy atom. The Labute approximate surface area is 159 Å². The summed E-state index contributed by atoms with van der Waals surface area (Å²) < 4.78 is 11.2. The van der Waals surface area contributed by atoms with E-state index in [2.05, 4.69) is 10.2 Å². The summed E-state index contributed by atoms with van der Waals surface area (Å²) in [5, 5.41) is 16.5. The predicted octanol–water partition coefficient (Wildman–Crippen LogP) is 2.47. The highest BCUT2D eigenvalue weighted by Crippen LogP contribution is 2.31. The predicted molar refractivity (Wildman–Crippen MR) is 101 cm³/mol. The zero-order valence-electron chi connectivity index (χ0n) is 16.1. The average molecular weight is 373 g/mol. The van der Waals surface area contributed by atoms with Crippen molar-refractivity contribution in [3.63, 3.8) is 0 Å². The van der Waals surface area contributed by atoms with Crippen molar-refractivity contribution in [1.29, 1.82) is 0 Å². The van der Waals surface area contributed by atoms with Gasteiger partial charge in [0.05, 0.1) is 25.0 Å². The lowest BCUT2D eigenvalue weighted by Crippen LogP contribution is -2.34. The first kappa shape index (κ1) is 19.4. The normalized spacial score (nSPS) is 18.8. The Hall–Kier alpha value is -2.38. The van der Waals surface area contributed by atoms with E-state index in [-0.39, 0.29) is 24.7 Å². The van der Waals surface area contributed by atoms with Crippen LogP contribution in [0.3, 0.4) is 0 Å². The van der Waals surface area contributed by atoms with Crippen molar-refractivity contribution in [3.8, 4) is 5.75 Å². The van der Waals surface area contributed by atoms with Gasteiger partial charge in [-0.2, -0.15) is 5.10 Å². The van der Waals surface area contributed by atoms with E-state index in [0.717, 1.165) is 22.6 Å². The third-order valence-corrected chi connectivity index (χ3v) is 4.86. The molecule has 1 aromatic carbocycles. The van der Waals surface area contributed by atoms with Crippen molar-refractivity contribution >= 4 is 5.91 Å². The number of aliphatic hydroxyl groups excluding tert-OH is 1. The van der Waals surface area contributed by atoms with Gasteiger partial charge in [-0.3, -0.25) is 9.89 Å². The van der Waals surface area contributed by atoms with Crippen molar-refractivity contribution in [3.05, 3.63) is 46.8 Å². The monoisotopic (exact) mass is 373 g/mol. The number of H-pyrrole nitrogens is 1. The van der Waals surface area contributed by atoms with Gasteiger partial charge in [0.2, 0.25) is 0 Å². The van der Waals surface area contributed by atoms with Crippen molar-refractivity contribution in [1.82, 2.24) is 15.1 Å². The van der Waals surface area contributed by atoms with Crippen molar-refractivity contribution < 1.29 is 19.4 Å². The first-order chi connectivity index (χ1) is 13.0. The molecule has 3 rings (SSSR count). The number of aromatic nitrogens is 2. The van der Waals surface area contributed by atoms with Crippen LogP contribution in [0.4, 0.5) is 0 Å². The third-order valence-electron chi connectivity index (χ3n) is 4.86. The second kappa shape index (κ2) is 8.54. The van der Waals surface area contributed by atoms with E-state index < -0.39 is 0 Å². The number of carbonyl (C=O) groups is 1. The number of amides is 1. The SMILES string of the molecule is COc1ccccc1CN(CCCO)C(=O)c1n[nH]c2c1C[C@H](C)O[C@@H]2C. The highest BCUT2D eigenvalue weighted by atomic mass is 16.5. The fraction of sp³-hybridized carbons (Fsp3) is 0.500. The Balaban J connectivity index is 1.88. The third kappa shape index (κ3) is 4.14. The molecule has 7 heteroatoms. The number of hydrogen-bond acceptors (Lipinski definition) is 5. The maximum Gasteiger partial charge on any atom is 0.274 e. The van der Waals surface area contributed by atoms with E-state index in [1.807, 2.05) is 38.1 Å². The summed E-state index contributed by atoms with van der Waals surface area (Å²) in [6.07, 6.45) is 1.08. The molecule has 0 bridgehead atoms. The Morgan fingerprint density at radius 2 is 2.19 bits per heavy atom. The standard InChI is InChI=1S/C20H27N3O4/c1-13-11-16-18(14(2)27-13)21-22-19(16)20(25)23(9-6-10-24)12-15-7-4-5-8-17(15)26-3/h4-5,7-8,13-14,24H,6,9-12H2,1-3H3,(H,21,22)/t13-,14+/m0/s1. The van der Waals surface area contributed by atoms with Gasteiger partial charge < -0.3 is 19.5 Å². The van der Waals surface area contributed by atoms with Crippen LogP contribution in [0.2, 0.25) is 0 Å². The minimum atomic E-state index is -0.145. The number of hydrogen-bond donors (Lipinski definition) is 2. The number of rotatable bonds is 7. The maximum atomic E-state index is 13.3. The fourth-order valence-corrected chi connectivity index (χ4v) is 3.55. The smallest absolute Gasteiger partial charge is 0.274 e. The van der Waals surface area contributed by atoms with E-state index in [9.17, 15) is 9.90 Å². The number of fused-ring (bicyclic) bond motifs is 1. The minimum absolute atomic E-state index is 0.0241. The molecule has 2 aromatic rings. The van der Waals surface area contributed by atoms with E-state index in [4.69, 9.17) is 9.47 Å². The van der Waals surface area contributed by atoms with Gasteiger partial charge in [-0.25, -0.2) is 0 Å². The molecule has 1 amide bonds. The second-order valence-electron chi connectivity index (χ2n) is 6.87. The Bertz CT molecular complexity index is 789. The van der Waals surface area contributed by atoms with Gasteiger partial charge in [0, 0.05) is 37.2 Å². The number of ether oxygens (including phenoxy) is 2. The lowest BCUT2D eigenvalue weighted by Gasteiger charge is -2.27. The number of benzene rings is 1. The molecule has 7 nitrogen and oxygen atoms in total. The summed E-state index contributed by atoms with van der Waals surface area (Å²) in [4.78, 5) is 15.0. The molecule has 0 unspecified atom stereocenters. The summed E-state index contributed by atoms with van der Waals surface area (Å²) in [5.74, 6) is 0.590. The van der Waals surface area contributed by atoms with Crippen LogP contribution < -0.4 is 4.74 Å². The summed E-state index contributed by atoms with van der Waals surface area (Å²) in [6, 6.07) is 7.63. The Morgan fingerprint density at radius 3 is 2.93 bits per heavy atom. The largest absolute Gasteiger partial charge is 0.496 e. The number of methoxy groups -OCH3 is 1. The van der Waals surface area contributed by atoms with Gasteiger partial charge in [-0.05, 0) is 26.3 Å². The van der Waals surface area contributed by atoms with E-state index in [1.54, 1.807) is 12.0 Å². The molecule has 1 aliphatic heterocycles. The lowest BCUT2D eigenvalue weighted by atomic mass is 9.99. The molecule has 0 saturated carbocycles. The van der Waals surface area contributed by atoms with Crippen LogP contribution in [-0.2, 0) is 17.7 Å². The number of para-hydroxylation sites is 1. The summed E-state index contributed by atoms with van der Waals surface area (Å²) in [7, 11) is 1.62. The zero-order valence-corrected chi connectivity index (χ0v) is 16.1. The first-order valence-corrected chi connectivity index (χ1v) is 9.29. The molecule has 0 aliphatic carbocycles. The summed E-state index contributed by atoms with van der Waals surface area (Å²) >= 11 is 0. The molecular formula is C20H27N3O4. The van der Waals surface area contributed by atoms with Crippen LogP contribution >= 0.6 is 0 Å². The maximum absolute atomic E-state index is 13.3. The molecule has 146 valence electrons. The molecule has 0 radical (unpaired) electrons. The minimum Gasteiger partial charge on any atom is -0.496 e. The lowest BCUT2D eigenvalue weighted by molar-refractivity contribution is -0.00702. The molecule has 27 heavy (non-hydrogen) atoms. The second-order valence-corrected chi connectivity index (χ2v) is 6.87. The van der Waals surface area contributed by atoms with Crippen molar-refractivity contribution in [2.75, 3.05) is 20.3 Å². The Kier molecular flexibility index (Phi) is 6.13. The summed E-state index contributed by atoms with van der Waals surface area (Å²) in [5.41, 5.74) is 3.16. The van der Waals surface area contributed by atoms with Crippen LogP contribution in [0.5, 0.6) is 5.75 Å². The number of carbonyl (C=O) groups excluding carboxylic acids is 1. The molecule has 0 saturated heterocycles. The van der Waals surface area contributed by atoms with E-state index in [0.29, 0.717) is 31.6 Å². The van der Waals surface area contributed by atoms with E-state index >= 15 is 0 Å². The number of nitrogens with zero attached hydrogens (tertiary/aromatic N) is 2. The zero-order chi connectivity index (χ0) is 19.4. The molecular weight excluding hydrogens is 346 g/mol.